The summed E-state index contributed by atoms with van der Waals surface area (Å²) in [4.78, 5) is 13.5. The molecule has 146 valence electrons. The Balaban J connectivity index is 2.54. The first-order chi connectivity index (χ1) is 13.2. The topological polar surface area (TPSA) is 71.5 Å². The van der Waals surface area contributed by atoms with Crippen molar-refractivity contribution in [3.8, 4) is 11.4 Å². The molecule has 0 aliphatic heterocycles. The lowest BCUT2D eigenvalue weighted by Crippen LogP contribution is -2.03. The number of phenols is 1. The predicted molar refractivity (Wildman–Crippen MR) is 113 cm³/mol. The van der Waals surface area contributed by atoms with E-state index in [4.69, 9.17) is 0 Å². The maximum absolute atomic E-state index is 12.0. The van der Waals surface area contributed by atoms with Crippen LogP contribution in [0.25, 0.3) is 22.7 Å². The first-order valence-corrected chi connectivity index (χ1v) is 9.18. The molecule has 1 heterocycles. The zero-order valence-corrected chi connectivity index (χ0v) is 16.8. The summed E-state index contributed by atoms with van der Waals surface area (Å²) in [5.74, 6) is 0.138. The lowest BCUT2D eigenvalue weighted by Gasteiger charge is -2.15. The van der Waals surface area contributed by atoms with E-state index in [2.05, 4.69) is 0 Å². The zero-order valence-electron chi connectivity index (χ0n) is 16.8. The van der Waals surface area contributed by atoms with E-state index in [0.717, 1.165) is 11.3 Å². The van der Waals surface area contributed by atoms with E-state index in [1.54, 1.807) is 24.4 Å². The number of benzene rings is 2. The zero-order chi connectivity index (χ0) is 20.6. The van der Waals surface area contributed by atoms with Crippen molar-refractivity contribution in [1.29, 1.82) is 0 Å². The molecule has 28 heavy (non-hydrogen) atoms. The second-order valence-electron chi connectivity index (χ2n) is 7.49. The van der Waals surface area contributed by atoms with Crippen LogP contribution in [0.1, 0.15) is 36.6 Å². The molecule has 0 spiro atoms. The van der Waals surface area contributed by atoms with E-state index < -0.39 is 0 Å². The fourth-order valence-corrected chi connectivity index (χ4v) is 3.49. The van der Waals surface area contributed by atoms with Crippen LogP contribution in [-0.4, -0.2) is 33.6 Å². The van der Waals surface area contributed by atoms with Crippen molar-refractivity contribution in [2.75, 3.05) is 14.1 Å². The second kappa shape index (κ2) is 7.38. The Morgan fingerprint density at radius 3 is 2.32 bits per heavy atom. The van der Waals surface area contributed by atoms with Crippen molar-refractivity contribution >= 4 is 22.7 Å². The number of phenolic OH excluding ortho intramolecular Hbond substituents is 1. The van der Waals surface area contributed by atoms with Crippen LogP contribution < -0.4 is 0 Å². The van der Waals surface area contributed by atoms with Crippen LogP contribution in [-0.2, 0) is 0 Å². The summed E-state index contributed by atoms with van der Waals surface area (Å²) in [6.07, 6.45) is 3.54. The van der Waals surface area contributed by atoms with E-state index >= 15 is 0 Å². The fraction of sp³-hybridized carbons (Fsp3) is 0.273. The quantitative estimate of drug-likeness (QED) is 0.488. The fourth-order valence-electron chi connectivity index (χ4n) is 3.49. The molecule has 2 aromatic carbocycles. The van der Waals surface area contributed by atoms with Gasteiger partial charge in [0.2, 0.25) is 0 Å². The number of fused-ring (bicyclic) bond motifs is 1. The molecule has 0 aliphatic carbocycles. The predicted octanol–water partition coefficient (Wildman–Crippen LogP) is 5.21. The van der Waals surface area contributed by atoms with Crippen molar-refractivity contribution in [3.05, 3.63) is 69.5 Å². The SMILES string of the molecule is Cc1ccc(-n2c(/C=C/N(C)C)c([N+](=O)[O-])c3ccc(O)c(C(C)C)c32)cc1. The van der Waals surface area contributed by atoms with Crippen molar-refractivity contribution < 1.29 is 10.0 Å². The smallest absolute Gasteiger partial charge is 0.302 e. The van der Waals surface area contributed by atoms with Gasteiger partial charge in [0.05, 0.1) is 15.8 Å². The van der Waals surface area contributed by atoms with Gasteiger partial charge in [-0.1, -0.05) is 31.5 Å². The molecule has 0 radical (unpaired) electrons. The van der Waals surface area contributed by atoms with Crippen LogP contribution in [0.15, 0.2) is 42.6 Å². The van der Waals surface area contributed by atoms with E-state index in [9.17, 15) is 15.2 Å². The number of rotatable bonds is 5. The minimum absolute atomic E-state index is 0.00641. The molecular weight excluding hydrogens is 354 g/mol. The number of hydrogen-bond donors (Lipinski definition) is 1. The Morgan fingerprint density at radius 2 is 1.79 bits per heavy atom. The Hall–Kier alpha value is -3.28. The van der Waals surface area contributed by atoms with Gasteiger partial charge in [0.1, 0.15) is 11.4 Å². The average Bonchev–Trinajstić information content (AvgIpc) is 2.94. The van der Waals surface area contributed by atoms with Gasteiger partial charge in [-0.15, -0.1) is 0 Å². The van der Waals surface area contributed by atoms with Crippen molar-refractivity contribution in [2.45, 2.75) is 26.7 Å². The molecule has 0 fully saturated rings. The van der Waals surface area contributed by atoms with Crippen LogP contribution in [0.3, 0.4) is 0 Å². The van der Waals surface area contributed by atoms with Gasteiger partial charge >= 0.3 is 5.69 Å². The Labute approximate surface area is 164 Å². The van der Waals surface area contributed by atoms with E-state index in [0.29, 0.717) is 22.2 Å². The van der Waals surface area contributed by atoms with Gasteiger partial charge in [0, 0.05) is 31.5 Å². The average molecular weight is 379 g/mol. The summed E-state index contributed by atoms with van der Waals surface area (Å²) in [5, 5.41) is 23.1. The number of aryl methyl sites for hydroxylation is 1. The highest BCUT2D eigenvalue weighted by Gasteiger charge is 2.29. The number of nitrogens with zero attached hydrogens (tertiary/aromatic N) is 3. The lowest BCUT2D eigenvalue weighted by atomic mass is 9.99. The van der Waals surface area contributed by atoms with Crippen LogP contribution in [0.4, 0.5) is 5.69 Å². The first kappa shape index (κ1) is 19.5. The molecule has 3 aromatic rings. The molecule has 0 bridgehead atoms. The monoisotopic (exact) mass is 379 g/mol. The second-order valence-corrected chi connectivity index (χ2v) is 7.49. The number of hydrogen-bond acceptors (Lipinski definition) is 4. The highest BCUT2D eigenvalue weighted by molar-refractivity contribution is 5.99. The van der Waals surface area contributed by atoms with Gasteiger partial charge < -0.3 is 14.6 Å². The third kappa shape index (κ3) is 3.33. The van der Waals surface area contributed by atoms with Crippen LogP contribution in [0.5, 0.6) is 5.75 Å². The van der Waals surface area contributed by atoms with Gasteiger partial charge in [-0.3, -0.25) is 10.1 Å². The van der Waals surface area contributed by atoms with Gasteiger partial charge in [0.15, 0.2) is 0 Å². The molecule has 1 aromatic heterocycles. The molecule has 0 amide bonds. The lowest BCUT2D eigenvalue weighted by molar-refractivity contribution is -0.383. The van der Waals surface area contributed by atoms with Gasteiger partial charge in [-0.2, -0.15) is 0 Å². The third-order valence-corrected chi connectivity index (χ3v) is 4.74. The minimum Gasteiger partial charge on any atom is -0.508 e. The molecule has 3 rings (SSSR count). The molecular formula is C22H25N3O3. The number of aromatic nitrogens is 1. The molecule has 6 heteroatoms. The molecule has 0 saturated carbocycles. The Kier molecular flexibility index (Phi) is 5.14. The Bertz CT molecular complexity index is 1060. The van der Waals surface area contributed by atoms with E-state index in [1.807, 2.05) is 68.6 Å². The summed E-state index contributed by atoms with van der Waals surface area (Å²) >= 11 is 0. The number of aromatic hydroxyl groups is 1. The van der Waals surface area contributed by atoms with E-state index in [1.165, 1.54) is 0 Å². The highest BCUT2D eigenvalue weighted by Crippen LogP contribution is 2.43. The molecule has 0 saturated heterocycles. The summed E-state index contributed by atoms with van der Waals surface area (Å²) in [6, 6.07) is 11.0. The number of nitro groups is 1. The van der Waals surface area contributed by atoms with Crippen molar-refractivity contribution in [3.63, 3.8) is 0 Å². The molecule has 0 unspecified atom stereocenters. The Morgan fingerprint density at radius 1 is 1.14 bits per heavy atom. The van der Waals surface area contributed by atoms with Gasteiger partial charge in [-0.05, 0) is 43.2 Å². The summed E-state index contributed by atoms with van der Waals surface area (Å²) in [6.45, 7) is 5.95. The molecule has 0 atom stereocenters. The summed E-state index contributed by atoms with van der Waals surface area (Å²) < 4.78 is 1.88. The first-order valence-electron chi connectivity index (χ1n) is 9.18. The highest BCUT2D eigenvalue weighted by atomic mass is 16.6. The third-order valence-electron chi connectivity index (χ3n) is 4.74. The summed E-state index contributed by atoms with van der Waals surface area (Å²) in [7, 11) is 3.74. The molecule has 0 aliphatic rings. The van der Waals surface area contributed by atoms with Gasteiger partial charge in [-0.25, -0.2) is 0 Å². The molecule has 6 nitrogen and oxygen atoms in total. The maximum Gasteiger partial charge on any atom is 0.302 e. The maximum atomic E-state index is 12.0. The van der Waals surface area contributed by atoms with Crippen molar-refractivity contribution in [1.82, 2.24) is 9.47 Å². The molecule has 1 N–H and O–H groups in total. The van der Waals surface area contributed by atoms with E-state index in [-0.39, 0.29) is 22.3 Å². The largest absolute Gasteiger partial charge is 0.508 e. The van der Waals surface area contributed by atoms with Crippen LogP contribution in [0.2, 0.25) is 0 Å². The minimum atomic E-state index is -0.344. The summed E-state index contributed by atoms with van der Waals surface area (Å²) in [5.41, 5.74) is 3.80. The van der Waals surface area contributed by atoms with Crippen LogP contribution >= 0.6 is 0 Å². The van der Waals surface area contributed by atoms with Crippen molar-refractivity contribution in [2.24, 2.45) is 0 Å². The standard InChI is InChI=1S/C22H25N3O3/c1-14(2)20-19(26)11-10-17-21(25(27)28)18(12-13-23(4)5)24(22(17)20)16-8-6-15(3)7-9-16/h6-14,26H,1-5H3/b13-12+. The normalized spacial score (nSPS) is 11.6. The van der Waals surface area contributed by atoms with Crippen LogP contribution in [0, 0.1) is 17.0 Å². The van der Waals surface area contributed by atoms with Gasteiger partial charge in [0.25, 0.3) is 0 Å².